The van der Waals surface area contributed by atoms with Crippen LogP contribution in [0.4, 0.5) is 0 Å². The van der Waals surface area contributed by atoms with E-state index in [4.69, 9.17) is 17.3 Å². The number of piperidine rings is 1. The first kappa shape index (κ1) is 13.9. The van der Waals surface area contributed by atoms with Crippen LogP contribution < -0.4 is 5.73 Å². The first-order valence-electron chi connectivity index (χ1n) is 7.47. The summed E-state index contributed by atoms with van der Waals surface area (Å²) in [5.74, 6) is 0. The molecule has 0 bridgehead atoms. The van der Waals surface area contributed by atoms with E-state index in [2.05, 4.69) is 22.1 Å². The monoisotopic (exact) mass is 291 g/mol. The number of halogens is 1. The van der Waals surface area contributed by atoms with Crippen LogP contribution in [0.25, 0.3) is 10.9 Å². The van der Waals surface area contributed by atoms with E-state index in [9.17, 15) is 0 Å². The third kappa shape index (κ3) is 2.85. The van der Waals surface area contributed by atoms with Gasteiger partial charge in [0.2, 0.25) is 0 Å². The maximum atomic E-state index is 6.04. The van der Waals surface area contributed by atoms with Crippen molar-refractivity contribution in [2.45, 2.75) is 38.3 Å². The average molecular weight is 292 g/mol. The highest BCUT2D eigenvalue weighted by Crippen LogP contribution is 2.26. The molecule has 1 aromatic heterocycles. The number of rotatable bonds is 4. The predicted molar refractivity (Wildman–Crippen MR) is 85.0 cm³/mol. The number of likely N-dealkylation sites (tertiary alicyclic amines) is 1. The Morgan fingerprint density at radius 2 is 2.25 bits per heavy atom. The van der Waals surface area contributed by atoms with Crippen molar-refractivity contribution in [3.05, 3.63) is 35.0 Å². The Morgan fingerprint density at radius 1 is 1.35 bits per heavy atom. The van der Waals surface area contributed by atoms with Gasteiger partial charge in [0.15, 0.2) is 0 Å². The number of H-pyrrole nitrogens is 1. The summed E-state index contributed by atoms with van der Waals surface area (Å²) < 4.78 is 0. The summed E-state index contributed by atoms with van der Waals surface area (Å²) in [7, 11) is 0. The van der Waals surface area contributed by atoms with Gasteiger partial charge in [0.25, 0.3) is 0 Å². The number of aromatic nitrogens is 1. The van der Waals surface area contributed by atoms with Crippen molar-refractivity contribution in [3.63, 3.8) is 0 Å². The quantitative estimate of drug-likeness (QED) is 0.905. The second-order valence-electron chi connectivity index (χ2n) is 5.70. The number of fused-ring (bicyclic) bond motifs is 1. The Balaban J connectivity index is 1.80. The van der Waals surface area contributed by atoms with E-state index in [0.717, 1.165) is 30.0 Å². The van der Waals surface area contributed by atoms with E-state index in [0.29, 0.717) is 6.04 Å². The molecule has 108 valence electrons. The van der Waals surface area contributed by atoms with Crippen LogP contribution in [-0.2, 0) is 6.54 Å². The summed E-state index contributed by atoms with van der Waals surface area (Å²) in [6.45, 7) is 2.97. The Labute approximate surface area is 125 Å². The predicted octanol–water partition coefficient (Wildman–Crippen LogP) is 3.52. The molecule has 1 unspecified atom stereocenters. The SMILES string of the molecule is NCCC1CCCCN1Cc1c[nH]c2cc(Cl)ccc12. The lowest BCUT2D eigenvalue weighted by Gasteiger charge is -2.35. The number of benzene rings is 1. The molecule has 1 aliphatic rings. The van der Waals surface area contributed by atoms with E-state index in [1.165, 1.54) is 36.8 Å². The third-order valence-corrected chi connectivity index (χ3v) is 4.59. The molecule has 1 atom stereocenters. The van der Waals surface area contributed by atoms with Gasteiger partial charge in [-0.15, -0.1) is 0 Å². The zero-order valence-corrected chi connectivity index (χ0v) is 12.5. The van der Waals surface area contributed by atoms with E-state index in [1.54, 1.807) is 0 Å². The largest absolute Gasteiger partial charge is 0.361 e. The van der Waals surface area contributed by atoms with Crippen LogP contribution in [0.15, 0.2) is 24.4 Å². The molecule has 0 spiro atoms. The van der Waals surface area contributed by atoms with E-state index < -0.39 is 0 Å². The van der Waals surface area contributed by atoms with Crippen LogP contribution in [0.1, 0.15) is 31.2 Å². The standard InChI is InChI=1S/C16H22ClN3/c17-13-4-5-15-12(10-19-16(15)9-13)11-20-8-2-1-3-14(20)6-7-18/h4-5,9-10,14,19H,1-3,6-8,11,18H2. The molecule has 0 aliphatic carbocycles. The fourth-order valence-corrected chi connectivity index (χ4v) is 3.47. The summed E-state index contributed by atoms with van der Waals surface area (Å²) in [6.07, 6.45) is 7.15. The summed E-state index contributed by atoms with van der Waals surface area (Å²) in [5.41, 5.74) is 8.24. The minimum atomic E-state index is 0.644. The van der Waals surface area contributed by atoms with Crippen LogP contribution >= 0.6 is 11.6 Å². The number of hydrogen-bond acceptors (Lipinski definition) is 2. The molecule has 1 fully saturated rings. The molecule has 0 radical (unpaired) electrons. The Morgan fingerprint density at radius 3 is 3.10 bits per heavy atom. The fourth-order valence-electron chi connectivity index (χ4n) is 3.30. The van der Waals surface area contributed by atoms with Gasteiger partial charge in [0.1, 0.15) is 0 Å². The highest BCUT2D eigenvalue weighted by Gasteiger charge is 2.22. The van der Waals surface area contributed by atoms with Gasteiger partial charge in [-0.1, -0.05) is 24.1 Å². The maximum Gasteiger partial charge on any atom is 0.0472 e. The molecular formula is C16H22ClN3. The molecule has 2 heterocycles. The number of nitrogens with zero attached hydrogens (tertiary/aromatic N) is 1. The highest BCUT2D eigenvalue weighted by molar-refractivity contribution is 6.31. The Bertz CT molecular complexity index is 576. The van der Waals surface area contributed by atoms with Crippen LogP contribution in [0.5, 0.6) is 0 Å². The van der Waals surface area contributed by atoms with Crippen molar-refractivity contribution in [1.29, 1.82) is 0 Å². The van der Waals surface area contributed by atoms with Crippen LogP contribution in [0, 0.1) is 0 Å². The van der Waals surface area contributed by atoms with E-state index in [-0.39, 0.29) is 0 Å². The topological polar surface area (TPSA) is 45.0 Å². The molecule has 0 saturated carbocycles. The molecule has 3 N–H and O–H groups in total. The van der Waals surface area contributed by atoms with E-state index >= 15 is 0 Å². The van der Waals surface area contributed by atoms with E-state index in [1.807, 2.05) is 12.1 Å². The van der Waals surface area contributed by atoms with Crippen molar-refractivity contribution >= 4 is 22.5 Å². The lowest BCUT2D eigenvalue weighted by atomic mass is 9.98. The normalized spacial score (nSPS) is 20.6. The van der Waals surface area contributed by atoms with Crippen molar-refractivity contribution in [1.82, 2.24) is 9.88 Å². The van der Waals surface area contributed by atoms with Gasteiger partial charge in [-0.25, -0.2) is 0 Å². The average Bonchev–Trinajstić information content (AvgIpc) is 2.83. The van der Waals surface area contributed by atoms with Gasteiger partial charge in [-0.2, -0.15) is 0 Å². The van der Waals surface area contributed by atoms with Gasteiger partial charge < -0.3 is 10.7 Å². The molecule has 2 aromatic rings. The zero-order chi connectivity index (χ0) is 13.9. The minimum Gasteiger partial charge on any atom is -0.361 e. The van der Waals surface area contributed by atoms with Crippen molar-refractivity contribution in [3.8, 4) is 0 Å². The number of nitrogens with one attached hydrogen (secondary N) is 1. The highest BCUT2D eigenvalue weighted by atomic mass is 35.5. The fraction of sp³-hybridized carbons (Fsp3) is 0.500. The molecule has 3 nitrogen and oxygen atoms in total. The number of hydrogen-bond donors (Lipinski definition) is 2. The molecule has 4 heteroatoms. The molecule has 3 rings (SSSR count). The summed E-state index contributed by atoms with van der Waals surface area (Å²) >= 11 is 6.04. The molecule has 1 aliphatic heterocycles. The number of aromatic amines is 1. The van der Waals surface area contributed by atoms with Gasteiger partial charge in [0, 0.05) is 34.7 Å². The second-order valence-corrected chi connectivity index (χ2v) is 6.14. The molecule has 1 saturated heterocycles. The molecule has 20 heavy (non-hydrogen) atoms. The first-order valence-corrected chi connectivity index (χ1v) is 7.85. The van der Waals surface area contributed by atoms with Gasteiger partial charge in [0.05, 0.1) is 0 Å². The van der Waals surface area contributed by atoms with Gasteiger partial charge in [-0.05, 0) is 50.0 Å². The third-order valence-electron chi connectivity index (χ3n) is 4.35. The van der Waals surface area contributed by atoms with Crippen LogP contribution in [0.2, 0.25) is 5.02 Å². The molecule has 0 amide bonds. The van der Waals surface area contributed by atoms with Crippen molar-refractivity contribution in [2.75, 3.05) is 13.1 Å². The lowest BCUT2D eigenvalue weighted by molar-refractivity contribution is 0.134. The van der Waals surface area contributed by atoms with Gasteiger partial charge >= 0.3 is 0 Å². The van der Waals surface area contributed by atoms with Crippen molar-refractivity contribution < 1.29 is 0 Å². The molecular weight excluding hydrogens is 270 g/mol. The Kier molecular flexibility index (Phi) is 4.29. The van der Waals surface area contributed by atoms with Crippen LogP contribution in [-0.4, -0.2) is 29.0 Å². The first-order chi connectivity index (χ1) is 9.78. The summed E-state index contributed by atoms with van der Waals surface area (Å²) in [4.78, 5) is 5.92. The van der Waals surface area contributed by atoms with Crippen LogP contribution in [0.3, 0.4) is 0 Å². The maximum absolute atomic E-state index is 6.04. The zero-order valence-electron chi connectivity index (χ0n) is 11.7. The van der Waals surface area contributed by atoms with Gasteiger partial charge in [-0.3, -0.25) is 4.90 Å². The number of nitrogens with two attached hydrogens (primary N) is 1. The summed E-state index contributed by atoms with van der Waals surface area (Å²) in [6, 6.07) is 6.72. The summed E-state index contributed by atoms with van der Waals surface area (Å²) in [5, 5.41) is 2.07. The van der Waals surface area contributed by atoms with Crippen molar-refractivity contribution in [2.24, 2.45) is 5.73 Å². The second kappa shape index (κ2) is 6.17. The Hall–Kier alpha value is -1.03. The molecule has 1 aromatic carbocycles. The smallest absolute Gasteiger partial charge is 0.0472 e. The lowest BCUT2D eigenvalue weighted by Crippen LogP contribution is -2.40. The minimum absolute atomic E-state index is 0.644.